The number of morpholine rings is 1. The number of unbranched alkanes of at least 4 members (excludes halogenated alkanes) is 1. The van der Waals surface area contributed by atoms with Crippen molar-refractivity contribution in [2.45, 2.75) is 73.3 Å². The average molecular weight is 763 g/mol. The summed E-state index contributed by atoms with van der Waals surface area (Å²) in [6.45, 7) is 12.8. The van der Waals surface area contributed by atoms with Crippen LogP contribution in [0.2, 0.25) is 0 Å². The van der Waals surface area contributed by atoms with Gasteiger partial charge in [0.25, 0.3) is 11.8 Å². The van der Waals surface area contributed by atoms with Crippen LogP contribution in [-0.4, -0.2) is 93.9 Å². The number of carbonyl (C=O) groups excluding carboxylic acids is 4. The minimum atomic E-state index is -0.577. The van der Waals surface area contributed by atoms with Crippen LogP contribution >= 0.6 is 0 Å². The first kappa shape index (κ1) is 38.1. The van der Waals surface area contributed by atoms with Crippen molar-refractivity contribution in [3.05, 3.63) is 81.9 Å². The zero-order valence-corrected chi connectivity index (χ0v) is 32.0. The van der Waals surface area contributed by atoms with Crippen LogP contribution in [-0.2, 0) is 37.5 Å². The van der Waals surface area contributed by atoms with E-state index >= 15 is 0 Å². The number of rotatable bonds is 15. The van der Waals surface area contributed by atoms with Gasteiger partial charge in [0, 0.05) is 56.9 Å². The first-order chi connectivity index (χ1) is 27.1. The van der Waals surface area contributed by atoms with Gasteiger partial charge in [-0.15, -0.1) is 0 Å². The number of hydrogen-bond acceptors (Lipinski definition) is 10. The van der Waals surface area contributed by atoms with Crippen LogP contribution in [0.15, 0.2) is 42.5 Å². The highest BCUT2D eigenvalue weighted by Gasteiger charge is 2.23. The Kier molecular flexibility index (Phi) is 11.1. The highest BCUT2D eigenvalue weighted by Crippen LogP contribution is 2.29. The Morgan fingerprint density at radius 1 is 0.804 bits per heavy atom. The topological polar surface area (TPSA) is 202 Å². The maximum atomic E-state index is 13.7. The predicted molar refractivity (Wildman–Crippen MR) is 210 cm³/mol. The second-order valence-electron chi connectivity index (χ2n) is 13.9. The number of hydrogen-bond donors (Lipinski definition) is 3. The maximum Gasteiger partial charge on any atom is 0.276 e. The number of carbonyl (C=O) groups is 4. The SMILES string of the molecule is CCn1nc(C)cc1C(=O)Nc1nc2cc(C(N)=O)ccc2n1CCCCn1c(NC(=O)c2cc(C)nn2CC)nc2cc(C=O)cc(CN3CCOCC3)c21. The van der Waals surface area contributed by atoms with Crippen LogP contribution in [0.1, 0.15) is 85.3 Å². The molecule has 4 N–H and O–H groups in total. The molecule has 0 radical (unpaired) electrons. The molecule has 292 valence electrons. The molecule has 0 unspecified atom stereocenters. The molecule has 6 aromatic rings. The Bertz CT molecular complexity index is 2450. The van der Waals surface area contributed by atoms with Crippen molar-refractivity contribution < 1.29 is 23.9 Å². The number of aryl methyl sites for hydroxylation is 6. The lowest BCUT2D eigenvalue weighted by molar-refractivity contribution is 0.0343. The molecule has 2 aromatic carbocycles. The lowest BCUT2D eigenvalue weighted by Crippen LogP contribution is -2.35. The van der Waals surface area contributed by atoms with Crippen LogP contribution in [0.5, 0.6) is 0 Å². The van der Waals surface area contributed by atoms with Gasteiger partial charge in [-0.2, -0.15) is 10.2 Å². The van der Waals surface area contributed by atoms with Gasteiger partial charge < -0.3 is 19.6 Å². The van der Waals surface area contributed by atoms with E-state index in [-0.39, 0.29) is 11.8 Å². The summed E-state index contributed by atoms with van der Waals surface area (Å²) in [6, 6.07) is 12.2. The number of benzene rings is 2. The zero-order valence-electron chi connectivity index (χ0n) is 32.0. The summed E-state index contributed by atoms with van der Waals surface area (Å²) in [6.07, 6.45) is 2.09. The number of nitrogens with two attached hydrogens (primary N) is 1. The maximum absolute atomic E-state index is 13.7. The zero-order chi connectivity index (χ0) is 39.5. The van der Waals surface area contributed by atoms with E-state index in [0.29, 0.717) is 104 Å². The predicted octanol–water partition coefficient (Wildman–Crippen LogP) is 4.16. The van der Waals surface area contributed by atoms with E-state index in [0.717, 1.165) is 47.4 Å². The highest BCUT2D eigenvalue weighted by atomic mass is 16.5. The van der Waals surface area contributed by atoms with Crippen molar-refractivity contribution in [1.82, 2.24) is 43.6 Å². The summed E-state index contributed by atoms with van der Waals surface area (Å²) in [7, 11) is 0. The normalized spacial score (nSPS) is 13.4. The lowest BCUT2D eigenvalue weighted by Gasteiger charge is -2.27. The summed E-state index contributed by atoms with van der Waals surface area (Å²) in [5.41, 5.74) is 12.3. The number of nitrogens with one attached hydrogen (secondary N) is 2. The number of anilines is 2. The Balaban J connectivity index is 1.20. The van der Waals surface area contributed by atoms with Gasteiger partial charge in [0.05, 0.1) is 46.7 Å². The van der Waals surface area contributed by atoms with E-state index < -0.39 is 5.91 Å². The Morgan fingerprint density at radius 3 is 1.98 bits per heavy atom. The molecule has 0 bridgehead atoms. The molecular weight excluding hydrogens is 717 g/mol. The molecule has 7 rings (SSSR count). The van der Waals surface area contributed by atoms with E-state index in [1.807, 2.05) is 42.9 Å². The van der Waals surface area contributed by atoms with Gasteiger partial charge in [0.2, 0.25) is 17.8 Å². The number of aldehydes is 1. The molecule has 1 aliphatic rings. The number of aromatic nitrogens is 8. The van der Waals surface area contributed by atoms with Gasteiger partial charge in [-0.25, -0.2) is 9.97 Å². The molecule has 0 saturated carbocycles. The van der Waals surface area contributed by atoms with Gasteiger partial charge in [-0.3, -0.25) is 44.1 Å². The van der Waals surface area contributed by atoms with Gasteiger partial charge in [0.1, 0.15) is 17.7 Å². The average Bonchev–Trinajstić information content (AvgIpc) is 3.95. The van der Waals surface area contributed by atoms with Gasteiger partial charge in [-0.05, 0) is 88.6 Å². The number of fused-ring (bicyclic) bond motifs is 2. The molecule has 1 aliphatic heterocycles. The number of imidazole rings is 2. The Morgan fingerprint density at radius 2 is 1.39 bits per heavy atom. The Hall–Kier alpha value is -6.20. The highest BCUT2D eigenvalue weighted by molar-refractivity contribution is 6.04. The molecule has 0 aliphatic carbocycles. The quantitative estimate of drug-likeness (QED) is 0.101. The van der Waals surface area contributed by atoms with Gasteiger partial charge >= 0.3 is 0 Å². The first-order valence-electron chi connectivity index (χ1n) is 18.9. The number of amides is 3. The Labute approximate surface area is 322 Å². The molecule has 4 aromatic heterocycles. The fourth-order valence-corrected chi connectivity index (χ4v) is 7.30. The molecule has 56 heavy (non-hydrogen) atoms. The van der Waals surface area contributed by atoms with E-state index in [2.05, 4.69) is 25.7 Å². The second-order valence-corrected chi connectivity index (χ2v) is 13.9. The standard InChI is InChI=1S/C39H46N12O5/c1-5-50-32(17-24(3)45-50)36(54)43-38-41-29-21-27(35(40)53)9-10-31(29)48(38)11-7-8-12-49-34-28(22-47-13-15-56-16-14-47)19-26(23-52)20-30(34)42-39(49)44-37(55)33-18-25(4)46-51(33)6-2/h9-10,17-21,23H,5-8,11-16,22H2,1-4H3,(H2,40,53)(H,41,43,54)(H,42,44,55). The molecule has 1 fully saturated rings. The summed E-state index contributed by atoms with van der Waals surface area (Å²) in [4.78, 5) is 63.2. The van der Waals surface area contributed by atoms with E-state index in [4.69, 9.17) is 20.4 Å². The van der Waals surface area contributed by atoms with Gasteiger partial charge in [-0.1, -0.05) is 0 Å². The second kappa shape index (κ2) is 16.3. The van der Waals surface area contributed by atoms with Crippen molar-refractivity contribution >= 4 is 58.0 Å². The van der Waals surface area contributed by atoms with E-state index in [9.17, 15) is 19.2 Å². The monoisotopic (exact) mass is 762 g/mol. The molecular formula is C39H46N12O5. The molecule has 3 amide bonds. The smallest absolute Gasteiger partial charge is 0.276 e. The molecule has 1 saturated heterocycles. The van der Waals surface area contributed by atoms with Crippen molar-refractivity contribution in [1.29, 1.82) is 0 Å². The minimum Gasteiger partial charge on any atom is -0.379 e. The third kappa shape index (κ3) is 7.81. The third-order valence-electron chi connectivity index (χ3n) is 9.94. The minimum absolute atomic E-state index is 0.309. The fraction of sp³-hybridized carbons (Fsp3) is 0.385. The van der Waals surface area contributed by atoms with Crippen molar-refractivity contribution in [3.8, 4) is 0 Å². The first-order valence-corrected chi connectivity index (χ1v) is 18.9. The van der Waals surface area contributed by atoms with Crippen LogP contribution < -0.4 is 16.4 Å². The van der Waals surface area contributed by atoms with Crippen molar-refractivity contribution in [3.63, 3.8) is 0 Å². The lowest BCUT2D eigenvalue weighted by atomic mass is 10.1. The number of primary amides is 1. The summed E-state index contributed by atoms with van der Waals surface area (Å²) >= 11 is 0. The number of nitrogens with zero attached hydrogens (tertiary/aromatic N) is 9. The molecule has 0 atom stereocenters. The molecule has 17 heteroatoms. The molecule has 0 spiro atoms. The fourth-order valence-electron chi connectivity index (χ4n) is 7.30. The van der Waals surface area contributed by atoms with E-state index in [1.54, 1.807) is 45.8 Å². The number of ether oxygens (including phenoxy) is 1. The van der Waals surface area contributed by atoms with Crippen LogP contribution in [0.3, 0.4) is 0 Å². The third-order valence-corrected chi connectivity index (χ3v) is 9.94. The van der Waals surface area contributed by atoms with Crippen LogP contribution in [0.4, 0.5) is 11.9 Å². The van der Waals surface area contributed by atoms with Gasteiger partial charge in [0.15, 0.2) is 0 Å². The van der Waals surface area contributed by atoms with Crippen molar-refractivity contribution in [2.24, 2.45) is 5.73 Å². The van der Waals surface area contributed by atoms with E-state index in [1.165, 1.54) is 0 Å². The van der Waals surface area contributed by atoms with Crippen molar-refractivity contribution in [2.75, 3.05) is 36.9 Å². The molecule has 5 heterocycles. The largest absolute Gasteiger partial charge is 0.379 e. The summed E-state index contributed by atoms with van der Waals surface area (Å²) in [5.74, 6) is -0.583. The summed E-state index contributed by atoms with van der Waals surface area (Å²) in [5, 5.41) is 14.9. The van der Waals surface area contributed by atoms with Crippen LogP contribution in [0.25, 0.3) is 22.1 Å². The molecule has 17 nitrogen and oxygen atoms in total. The summed E-state index contributed by atoms with van der Waals surface area (Å²) < 4.78 is 12.8. The van der Waals surface area contributed by atoms with Crippen LogP contribution in [0, 0.1) is 13.8 Å².